The fourth-order valence-corrected chi connectivity index (χ4v) is 4.19. The highest BCUT2D eigenvalue weighted by Gasteiger charge is 2.50. The Morgan fingerprint density at radius 3 is 2.71 bits per heavy atom. The van der Waals surface area contributed by atoms with Crippen LogP contribution in [-0.2, 0) is 16.1 Å². The van der Waals surface area contributed by atoms with Gasteiger partial charge in [0.1, 0.15) is 17.4 Å². The number of aryl methyl sites for hydroxylation is 1. The van der Waals surface area contributed by atoms with Gasteiger partial charge in [0.25, 0.3) is 0 Å². The molecule has 1 unspecified atom stereocenters. The second kappa shape index (κ2) is 6.13. The van der Waals surface area contributed by atoms with Crippen molar-refractivity contribution in [1.82, 2.24) is 19.9 Å². The van der Waals surface area contributed by atoms with Gasteiger partial charge in [0.15, 0.2) is 0 Å². The van der Waals surface area contributed by atoms with Gasteiger partial charge in [0.2, 0.25) is 5.91 Å². The SMILES string of the molecule is Cc1cc(CN2CC3(C2)CN(C)C(C(=O)N2CCCC2)CO3)no1. The van der Waals surface area contributed by atoms with E-state index in [4.69, 9.17) is 9.26 Å². The molecule has 0 bridgehead atoms. The fraction of sp³-hybridized carbons (Fsp3) is 0.765. The molecule has 0 aromatic carbocycles. The fourth-order valence-electron chi connectivity index (χ4n) is 4.19. The molecule has 1 atom stereocenters. The Bertz CT molecular complexity index is 605. The standard InChI is InChI=1S/C17H26N4O3/c1-13-7-14(18-24-13)8-20-11-17(12-20)10-19(2)15(9-23-17)16(22)21-5-3-4-6-21/h7,15H,3-6,8-12H2,1-2H3. The summed E-state index contributed by atoms with van der Waals surface area (Å²) < 4.78 is 11.3. The molecule has 0 radical (unpaired) electrons. The van der Waals surface area contributed by atoms with E-state index in [1.807, 2.05) is 24.9 Å². The summed E-state index contributed by atoms with van der Waals surface area (Å²) in [6.45, 7) is 7.58. The first-order valence-electron chi connectivity index (χ1n) is 8.82. The highest BCUT2D eigenvalue weighted by molar-refractivity contribution is 5.82. The lowest BCUT2D eigenvalue weighted by molar-refractivity contribution is -0.201. The Hall–Kier alpha value is -1.44. The quantitative estimate of drug-likeness (QED) is 0.802. The first-order valence-corrected chi connectivity index (χ1v) is 8.82. The van der Waals surface area contributed by atoms with Crippen LogP contribution in [0.1, 0.15) is 24.3 Å². The van der Waals surface area contributed by atoms with Crippen molar-refractivity contribution >= 4 is 5.91 Å². The highest BCUT2D eigenvalue weighted by atomic mass is 16.5. The van der Waals surface area contributed by atoms with Gasteiger partial charge in [-0.15, -0.1) is 0 Å². The number of nitrogens with zero attached hydrogens (tertiary/aromatic N) is 4. The molecular weight excluding hydrogens is 308 g/mol. The molecule has 7 heteroatoms. The number of aromatic nitrogens is 1. The predicted molar refractivity (Wildman–Crippen MR) is 87.4 cm³/mol. The maximum Gasteiger partial charge on any atom is 0.242 e. The third-order valence-electron chi connectivity index (χ3n) is 5.41. The molecule has 132 valence electrons. The van der Waals surface area contributed by atoms with E-state index in [1.54, 1.807) is 0 Å². The zero-order chi connectivity index (χ0) is 16.7. The second-order valence-electron chi connectivity index (χ2n) is 7.53. The van der Waals surface area contributed by atoms with Crippen LogP contribution in [0.25, 0.3) is 0 Å². The van der Waals surface area contributed by atoms with E-state index in [0.29, 0.717) is 6.61 Å². The Balaban J connectivity index is 1.30. The summed E-state index contributed by atoms with van der Waals surface area (Å²) >= 11 is 0. The summed E-state index contributed by atoms with van der Waals surface area (Å²) in [7, 11) is 2.05. The normalized spacial score (nSPS) is 27.6. The van der Waals surface area contributed by atoms with Gasteiger partial charge >= 0.3 is 0 Å². The van der Waals surface area contributed by atoms with E-state index >= 15 is 0 Å². The zero-order valence-corrected chi connectivity index (χ0v) is 14.5. The third kappa shape index (κ3) is 2.96. The molecule has 0 N–H and O–H groups in total. The molecule has 3 aliphatic rings. The van der Waals surface area contributed by atoms with E-state index in [0.717, 1.165) is 63.6 Å². The van der Waals surface area contributed by atoms with E-state index in [-0.39, 0.29) is 17.6 Å². The van der Waals surface area contributed by atoms with Crippen LogP contribution < -0.4 is 0 Å². The molecule has 0 aliphatic carbocycles. The molecule has 1 aromatic heterocycles. The summed E-state index contributed by atoms with van der Waals surface area (Å²) in [6.07, 6.45) is 2.26. The maximum absolute atomic E-state index is 12.6. The smallest absolute Gasteiger partial charge is 0.242 e. The van der Waals surface area contributed by atoms with Crippen molar-refractivity contribution in [1.29, 1.82) is 0 Å². The Labute approximate surface area is 142 Å². The minimum absolute atomic E-state index is 0.124. The number of likely N-dealkylation sites (tertiary alicyclic amines) is 2. The van der Waals surface area contributed by atoms with Crippen molar-refractivity contribution in [3.8, 4) is 0 Å². The van der Waals surface area contributed by atoms with Crippen LogP contribution in [0.2, 0.25) is 0 Å². The van der Waals surface area contributed by atoms with Gasteiger partial charge in [-0.05, 0) is 26.8 Å². The van der Waals surface area contributed by atoms with Gasteiger partial charge in [-0.25, -0.2) is 0 Å². The highest BCUT2D eigenvalue weighted by Crippen LogP contribution is 2.32. The average molecular weight is 334 g/mol. The van der Waals surface area contributed by atoms with Crippen molar-refractivity contribution in [3.05, 3.63) is 17.5 Å². The average Bonchev–Trinajstić information content (AvgIpc) is 3.17. The molecule has 1 aromatic rings. The molecular formula is C17H26N4O3. The van der Waals surface area contributed by atoms with Crippen LogP contribution in [0.4, 0.5) is 0 Å². The summed E-state index contributed by atoms with van der Waals surface area (Å²) in [5.41, 5.74) is 0.837. The number of hydrogen-bond acceptors (Lipinski definition) is 6. The molecule has 4 heterocycles. The number of amides is 1. The minimum atomic E-state index is -0.130. The molecule has 1 amide bonds. The molecule has 24 heavy (non-hydrogen) atoms. The minimum Gasteiger partial charge on any atom is -0.369 e. The van der Waals surface area contributed by atoms with Crippen molar-refractivity contribution in [3.63, 3.8) is 0 Å². The molecule has 4 rings (SSSR count). The Morgan fingerprint density at radius 2 is 2.08 bits per heavy atom. The van der Waals surface area contributed by atoms with Crippen LogP contribution in [0.5, 0.6) is 0 Å². The van der Waals surface area contributed by atoms with Crippen molar-refractivity contribution in [2.24, 2.45) is 0 Å². The van der Waals surface area contributed by atoms with Gasteiger partial charge in [-0.2, -0.15) is 0 Å². The lowest BCUT2D eigenvalue weighted by atomic mass is 9.90. The van der Waals surface area contributed by atoms with Gasteiger partial charge in [-0.3, -0.25) is 14.6 Å². The van der Waals surface area contributed by atoms with Gasteiger partial charge in [0, 0.05) is 45.3 Å². The van der Waals surface area contributed by atoms with Crippen molar-refractivity contribution in [2.75, 3.05) is 46.4 Å². The monoisotopic (exact) mass is 334 g/mol. The van der Waals surface area contributed by atoms with Gasteiger partial charge < -0.3 is 14.2 Å². The molecule has 3 fully saturated rings. The summed E-state index contributed by atoms with van der Waals surface area (Å²) in [5, 5.41) is 4.05. The largest absolute Gasteiger partial charge is 0.369 e. The van der Waals surface area contributed by atoms with Crippen molar-refractivity contribution in [2.45, 2.75) is 38.0 Å². The lowest BCUT2D eigenvalue weighted by Crippen LogP contribution is -2.72. The van der Waals surface area contributed by atoms with E-state index < -0.39 is 0 Å². The first kappa shape index (κ1) is 16.1. The molecule has 7 nitrogen and oxygen atoms in total. The van der Waals surface area contributed by atoms with Gasteiger partial charge in [-0.1, -0.05) is 5.16 Å². The lowest BCUT2D eigenvalue weighted by Gasteiger charge is -2.55. The van der Waals surface area contributed by atoms with Crippen molar-refractivity contribution < 1.29 is 14.1 Å². The summed E-state index contributed by atoms with van der Waals surface area (Å²) in [6, 6.07) is 1.85. The van der Waals surface area contributed by atoms with E-state index in [1.165, 1.54) is 0 Å². The van der Waals surface area contributed by atoms with Crippen LogP contribution >= 0.6 is 0 Å². The molecule has 3 aliphatic heterocycles. The maximum atomic E-state index is 12.6. The number of ether oxygens (including phenoxy) is 1. The van der Waals surface area contributed by atoms with Crippen LogP contribution in [-0.4, -0.2) is 83.8 Å². The zero-order valence-electron chi connectivity index (χ0n) is 14.5. The number of likely N-dealkylation sites (N-methyl/N-ethyl adjacent to an activating group) is 1. The van der Waals surface area contributed by atoms with E-state index in [9.17, 15) is 4.79 Å². The molecule has 0 saturated carbocycles. The van der Waals surface area contributed by atoms with Gasteiger partial charge in [0.05, 0.1) is 12.3 Å². The number of carbonyl (C=O) groups excluding carboxylic acids is 1. The van der Waals surface area contributed by atoms with Crippen LogP contribution in [0.15, 0.2) is 10.6 Å². The number of morpholine rings is 1. The number of hydrogen-bond donors (Lipinski definition) is 0. The molecule has 1 spiro atoms. The second-order valence-corrected chi connectivity index (χ2v) is 7.53. The number of carbonyl (C=O) groups is 1. The number of rotatable bonds is 3. The topological polar surface area (TPSA) is 62.0 Å². The first-order chi connectivity index (χ1) is 11.5. The van der Waals surface area contributed by atoms with E-state index in [2.05, 4.69) is 15.0 Å². The summed E-state index contributed by atoms with van der Waals surface area (Å²) in [5.74, 6) is 1.08. The third-order valence-corrected chi connectivity index (χ3v) is 5.41. The Kier molecular flexibility index (Phi) is 4.10. The van der Waals surface area contributed by atoms with Crippen LogP contribution in [0.3, 0.4) is 0 Å². The molecule has 3 saturated heterocycles. The predicted octanol–water partition coefficient (Wildman–Crippen LogP) is 0.490. The Morgan fingerprint density at radius 1 is 1.33 bits per heavy atom. The summed E-state index contributed by atoms with van der Waals surface area (Å²) in [4.78, 5) is 19.1. The van der Waals surface area contributed by atoms with Crippen LogP contribution in [0, 0.1) is 6.92 Å².